The van der Waals surface area contributed by atoms with Crippen LogP contribution in [0.25, 0.3) is 21.6 Å². The molecule has 2 aliphatic heterocycles. The highest BCUT2D eigenvalue weighted by molar-refractivity contribution is 7.13. The standard InChI is InChI=1S/C25H24N4O3S/c1-2-28-19-7-4-3-6-18(19)27-24(28)20-8-5-11-29(20)23(30)13-17-14-33-25(26-17)16-9-10-21-22(12-16)32-15-31-21/h3-4,6-7,9-10,12,14,20H,2,5,8,11,13,15H2,1H3. The number of para-hydroxylation sites is 2. The maximum absolute atomic E-state index is 13.3. The average Bonchev–Trinajstić information content (AvgIpc) is 3.63. The number of thiazole rings is 1. The highest BCUT2D eigenvalue weighted by Gasteiger charge is 2.33. The second kappa shape index (κ2) is 8.19. The van der Waals surface area contributed by atoms with E-state index in [1.54, 1.807) is 11.3 Å². The summed E-state index contributed by atoms with van der Waals surface area (Å²) in [7, 11) is 0. The Morgan fingerprint density at radius 2 is 2.03 bits per heavy atom. The zero-order chi connectivity index (χ0) is 22.4. The molecule has 1 atom stereocenters. The number of fused-ring (bicyclic) bond motifs is 2. The van der Waals surface area contributed by atoms with E-state index in [1.807, 2.05) is 46.7 Å². The summed E-state index contributed by atoms with van der Waals surface area (Å²) in [5, 5.41) is 2.85. The van der Waals surface area contributed by atoms with Gasteiger partial charge in [-0.25, -0.2) is 9.97 Å². The molecule has 168 valence electrons. The maximum Gasteiger partial charge on any atom is 0.231 e. The molecule has 0 radical (unpaired) electrons. The Bertz CT molecular complexity index is 1340. The van der Waals surface area contributed by atoms with E-state index in [-0.39, 0.29) is 18.7 Å². The number of amides is 1. The summed E-state index contributed by atoms with van der Waals surface area (Å²) in [5.41, 5.74) is 3.88. The van der Waals surface area contributed by atoms with Gasteiger partial charge in [0, 0.05) is 24.0 Å². The van der Waals surface area contributed by atoms with Crippen LogP contribution in [0.15, 0.2) is 47.8 Å². The van der Waals surface area contributed by atoms with Crippen LogP contribution in [0, 0.1) is 0 Å². The van der Waals surface area contributed by atoms with Crippen molar-refractivity contribution >= 4 is 28.3 Å². The van der Waals surface area contributed by atoms with Crippen LogP contribution in [-0.2, 0) is 17.8 Å². The van der Waals surface area contributed by atoms with Crippen LogP contribution in [0.3, 0.4) is 0 Å². The van der Waals surface area contributed by atoms with Gasteiger partial charge >= 0.3 is 0 Å². The summed E-state index contributed by atoms with van der Waals surface area (Å²) in [6.07, 6.45) is 2.22. The van der Waals surface area contributed by atoms with Crippen molar-refractivity contribution in [1.29, 1.82) is 0 Å². The topological polar surface area (TPSA) is 69.5 Å². The molecule has 1 amide bonds. The minimum Gasteiger partial charge on any atom is -0.454 e. The van der Waals surface area contributed by atoms with E-state index in [4.69, 9.17) is 19.4 Å². The number of hydrogen-bond acceptors (Lipinski definition) is 6. The van der Waals surface area contributed by atoms with Crippen LogP contribution >= 0.6 is 11.3 Å². The van der Waals surface area contributed by atoms with Crippen molar-refractivity contribution < 1.29 is 14.3 Å². The van der Waals surface area contributed by atoms with Crippen LogP contribution in [0.1, 0.15) is 37.3 Å². The largest absolute Gasteiger partial charge is 0.454 e. The number of hydrogen-bond donors (Lipinski definition) is 0. The lowest BCUT2D eigenvalue weighted by atomic mass is 10.2. The van der Waals surface area contributed by atoms with Gasteiger partial charge in [-0.15, -0.1) is 11.3 Å². The lowest BCUT2D eigenvalue weighted by Crippen LogP contribution is -2.33. The summed E-state index contributed by atoms with van der Waals surface area (Å²) in [5.74, 6) is 2.58. The Labute approximate surface area is 195 Å². The number of aryl methyl sites for hydroxylation is 1. The van der Waals surface area contributed by atoms with E-state index in [2.05, 4.69) is 17.6 Å². The Morgan fingerprint density at radius 1 is 1.15 bits per heavy atom. The van der Waals surface area contributed by atoms with Crippen molar-refractivity contribution in [1.82, 2.24) is 19.4 Å². The zero-order valence-electron chi connectivity index (χ0n) is 18.4. The smallest absolute Gasteiger partial charge is 0.231 e. The number of ether oxygens (including phenoxy) is 2. The van der Waals surface area contributed by atoms with Crippen LogP contribution in [0.2, 0.25) is 0 Å². The van der Waals surface area contributed by atoms with Gasteiger partial charge in [-0.05, 0) is 50.1 Å². The van der Waals surface area contributed by atoms with E-state index in [0.29, 0.717) is 6.42 Å². The minimum atomic E-state index is 0.0109. The molecule has 2 aliphatic rings. The average molecular weight is 461 g/mol. The third-order valence-corrected chi connectivity index (χ3v) is 7.32. The molecule has 6 rings (SSSR count). The van der Waals surface area contributed by atoms with Gasteiger partial charge in [0.25, 0.3) is 0 Å². The predicted molar refractivity (Wildman–Crippen MR) is 126 cm³/mol. The fourth-order valence-electron chi connectivity index (χ4n) is 4.82. The predicted octanol–water partition coefficient (Wildman–Crippen LogP) is 4.81. The molecular weight excluding hydrogens is 436 g/mol. The Morgan fingerprint density at radius 3 is 2.94 bits per heavy atom. The minimum absolute atomic E-state index is 0.0109. The van der Waals surface area contributed by atoms with Crippen molar-refractivity contribution in [3.05, 3.63) is 59.4 Å². The van der Waals surface area contributed by atoms with Crippen LogP contribution in [-0.4, -0.2) is 38.7 Å². The Balaban J connectivity index is 1.22. The molecule has 0 spiro atoms. The first kappa shape index (κ1) is 20.2. The number of carbonyl (C=O) groups is 1. The Hall–Kier alpha value is -3.39. The molecule has 4 aromatic rings. The fourth-order valence-corrected chi connectivity index (χ4v) is 5.64. The summed E-state index contributed by atoms with van der Waals surface area (Å²) >= 11 is 1.54. The fraction of sp³-hybridized carbons (Fsp3) is 0.320. The van der Waals surface area contributed by atoms with E-state index in [0.717, 1.165) is 70.6 Å². The molecule has 0 aliphatic carbocycles. The van der Waals surface area contributed by atoms with Crippen molar-refractivity contribution in [2.45, 2.75) is 38.8 Å². The van der Waals surface area contributed by atoms with Crippen LogP contribution < -0.4 is 9.47 Å². The van der Waals surface area contributed by atoms with Gasteiger partial charge in [-0.2, -0.15) is 0 Å². The molecule has 2 aromatic carbocycles. The Kier molecular flexibility index (Phi) is 5.02. The SMILES string of the molecule is CCn1c(C2CCCN2C(=O)Cc2csc(-c3ccc4c(c3)OCO4)n2)nc2ccccc21. The van der Waals surface area contributed by atoms with Gasteiger partial charge in [0.1, 0.15) is 10.8 Å². The number of aromatic nitrogens is 3. The summed E-state index contributed by atoms with van der Waals surface area (Å²) < 4.78 is 13.1. The molecule has 2 aromatic heterocycles. The highest BCUT2D eigenvalue weighted by atomic mass is 32.1. The van der Waals surface area contributed by atoms with Gasteiger partial charge in [0.15, 0.2) is 11.5 Å². The third kappa shape index (κ3) is 3.54. The van der Waals surface area contributed by atoms with Crippen molar-refractivity contribution in [3.8, 4) is 22.1 Å². The number of likely N-dealkylation sites (tertiary alicyclic amines) is 1. The zero-order valence-corrected chi connectivity index (χ0v) is 19.2. The first-order valence-electron chi connectivity index (χ1n) is 11.3. The normalized spacial score (nSPS) is 17.2. The first-order chi connectivity index (χ1) is 16.2. The quantitative estimate of drug-likeness (QED) is 0.427. The van der Waals surface area contributed by atoms with Crippen LogP contribution in [0.5, 0.6) is 11.5 Å². The monoisotopic (exact) mass is 460 g/mol. The summed E-state index contributed by atoms with van der Waals surface area (Å²) in [6.45, 7) is 3.97. The van der Waals surface area contributed by atoms with E-state index >= 15 is 0 Å². The van der Waals surface area contributed by atoms with Gasteiger partial charge in [-0.1, -0.05) is 12.1 Å². The number of nitrogens with zero attached hydrogens (tertiary/aromatic N) is 4. The van der Waals surface area contributed by atoms with E-state index in [1.165, 1.54) is 0 Å². The number of imidazole rings is 1. The second-order valence-corrected chi connectivity index (χ2v) is 9.20. The van der Waals surface area contributed by atoms with Crippen molar-refractivity contribution in [3.63, 3.8) is 0 Å². The van der Waals surface area contributed by atoms with E-state index < -0.39 is 0 Å². The number of rotatable bonds is 5. The molecule has 0 saturated carbocycles. The highest BCUT2D eigenvalue weighted by Crippen LogP contribution is 2.37. The summed E-state index contributed by atoms with van der Waals surface area (Å²) in [6, 6.07) is 14.0. The van der Waals surface area contributed by atoms with E-state index in [9.17, 15) is 4.79 Å². The molecule has 4 heterocycles. The third-order valence-electron chi connectivity index (χ3n) is 6.38. The van der Waals surface area contributed by atoms with Gasteiger partial charge in [0.2, 0.25) is 12.7 Å². The molecule has 8 heteroatoms. The maximum atomic E-state index is 13.3. The first-order valence-corrected chi connectivity index (χ1v) is 12.2. The number of carbonyl (C=O) groups excluding carboxylic acids is 1. The summed E-state index contributed by atoms with van der Waals surface area (Å²) in [4.78, 5) is 25.0. The molecule has 7 nitrogen and oxygen atoms in total. The molecule has 1 fully saturated rings. The number of benzene rings is 2. The lowest BCUT2D eigenvalue weighted by Gasteiger charge is -2.24. The van der Waals surface area contributed by atoms with Gasteiger partial charge in [-0.3, -0.25) is 4.79 Å². The van der Waals surface area contributed by atoms with Gasteiger partial charge in [0.05, 0.1) is 29.2 Å². The molecule has 0 N–H and O–H groups in total. The molecule has 0 bridgehead atoms. The second-order valence-electron chi connectivity index (χ2n) is 8.34. The van der Waals surface area contributed by atoms with Crippen LogP contribution in [0.4, 0.5) is 0 Å². The molecular formula is C25H24N4O3S. The molecule has 33 heavy (non-hydrogen) atoms. The van der Waals surface area contributed by atoms with Crippen molar-refractivity contribution in [2.75, 3.05) is 13.3 Å². The van der Waals surface area contributed by atoms with Gasteiger partial charge < -0.3 is 18.9 Å². The molecule has 1 saturated heterocycles. The lowest BCUT2D eigenvalue weighted by molar-refractivity contribution is -0.131. The molecule has 1 unspecified atom stereocenters. The van der Waals surface area contributed by atoms with Crippen molar-refractivity contribution in [2.24, 2.45) is 0 Å².